The molecule has 0 aliphatic rings. The number of hydrogen-bond acceptors (Lipinski definition) is 4. The van der Waals surface area contributed by atoms with Gasteiger partial charge in [-0.1, -0.05) is 25.1 Å². The van der Waals surface area contributed by atoms with Crippen molar-refractivity contribution in [2.45, 2.75) is 18.2 Å². The lowest BCUT2D eigenvalue weighted by molar-refractivity contribution is -0.119. The van der Waals surface area contributed by atoms with Gasteiger partial charge in [0.2, 0.25) is 5.91 Å². The number of anilines is 1. The van der Waals surface area contributed by atoms with Gasteiger partial charge in [-0.25, -0.2) is 8.42 Å². The smallest absolute Gasteiger partial charge is 0.264 e. The second kappa shape index (κ2) is 8.53. The summed E-state index contributed by atoms with van der Waals surface area (Å²) in [7, 11) is -2.33. The van der Waals surface area contributed by atoms with Crippen LogP contribution in [0.25, 0.3) is 0 Å². The van der Waals surface area contributed by atoms with Crippen molar-refractivity contribution in [3.63, 3.8) is 0 Å². The molecule has 0 spiro atoms. The highest BCUT2D eigenvalue weighted by Crippen LogP contribution is 2.25. The summed E-state index contributed by atoms with van der Waals surface area (Å²) >= 11 is 0. The summed E-state index contributed by atoms with van der Waals surface area (Å²) < 4.78 is 32.2. The maximum Gasteiger partial charge on any atom is 0.264 e. The van der Waals surface area contributed by atoms with Crippen LogP contribution in [0, 0.1) is 0 Å². The largest absolute Gasteiger partial charge is 0.497 e. The first-order chi connectivity index (χ1) is 12.0. The first-order valence-corrected chi connectivity index (χ1v) is 9.41. The standard InChI is InChI=1S/C18H22N2O4S/c1-3-13-19-18(21)14-20(15-9-11-16(24-2)12-10-15)25(22,23)17-7-5-4-6-8-17/h4-12H,3,13-14H2,1-2H3,(H,19,21). The van der Waals surface area contributed by atoms with Gasteiger partial charge in [-0.15, -0.1) is 0 Å². The Balaban J connectivity index is 2.39. The first kappa shape index (κ1) is 18.8. The minimum absolute atomic E-state index is 0.133. The van der Waals surface area contributed by atoms with E-state index in [1.165, 1.54) is 19.2 Å². The van der Waals surface area contributed by atoms with Crippen molar-refractivity contribution in [2.75, 3.05) is 24.5 Å². The average molecular weight is 362 g/mol. The molecule has 0 saturated heterocycles. The number of methoxy groups -OCH3 is 1. The summed E-state index contributed by atoms with van der Waals surface area (Å²) in [5.74, 6) is 0.258. The van der Waals surface area contributed by atoms with E-state index in [2.05, 4.69) is 5.32 Å². The fourth-order valence-corrected chi connectivity index (χ4v) is 3.68. The quantitative estimate of drug-likeness (QED) is 0.782. The molecule has 2 aromatic carbocycles. The molecular weight excluding hydrogens is 340 g/mol. The fraction of sp³-hybridized carbons (Fsp3) is 0.278. The Morgan fingerprint density at radius 1 is 1.08 bits per heavy atom. The topological polar surface area (TPSA) is 75.7 Å². The van der Waals surface area contributed by atoms with Crippen LogP contribution in [0.15, 0.2) is 59.5 Å². The zero-order chi connectivity index (χ0) is 18.3. The van der Waals surface area contributed by atoms with Crippen LogP contribution in [0.3, 0.4) is 0 Å². The molecule has 0 fully saturated rings. The predicted molar refractivity (Wildman–Crippen MR) is 97.3 cm³/mol. The van der Waals surface area contributed by atoms with Gasteiger partial charge in [0.05, 0.1) is 17.7 Å². The van der Waals surface area contributed by atoms with E-state index in [0.717, 1.165) is 10.7 Å². The number of hydrogen-bond donors (Lipinski definition) is 1. The lowest BCUT2D eigenvalue weighted by atomic mass is 10.3. The molecule has 2 aromatic rings. The van der Waals surface area contributed by atoms with E-state index in [0.29, 0.717) is 18.0 Å². The summed E-state index contributed by atoms with van der Waals surface area (Å²) in [6.07, 6.45) is 0.777. The van der Waals surface area contributed by atoms with Gasteiger partial charge >= 0.3 is 0 Å². The minimum Gasteiger partial charge on any atom is -0.497 e. The van der Waals surface area contributed by atoms with Crippen molar-refractivity contribution >= 4 is 21.6 Å². The van der Waals surface area contributed by atoms with Crippen molar-refractivity contribution in [1.29, 1.82) is 0 Å². The average Bonchev–Trinajstić information content (AvgIpc) is 2.65. The SMILES string of the molecule is CCCNC(=O)CN(c1ccc(OC)cc1)S(=O)(=O)c1ccccc1. The highest BCUT2D eigenvalue weighted by atomic mass is 32.2. The number of rotatable bonds is 8. The summed E-state index contributed by atoms with van der Waals surface area (Å²) in [6.45, 7) is 2.15. The molecule has 6 nitrogen and oxygen atoms in total. The van der Waals surface area contributed by atoms with E-state index in [1.54, 1.807) is 42.5 Å². The normalized spacial score (nSPS) is 11.0. The minimum atomic E-state index is -3.86. The Bertz CT molecular complexity index is 790. The molecule has 1 amide bonds. The van der Waals surface area contributed by atoms with E-state index in [-0.39, 0.29) is 17.3 Å². The number of sulfonamides is 1. The summed E-state index contributed by atoms with van der Waals surface area (Å²) in [5.41, 5.74) is 0.399. The number of carbonyl (C=O) groups is 1. The molecule has 134 valence electrons. The summed E-state index contributed by atoms with van der Waals surface area (Å²) in [5, 5.41) is 2.71. The second-order valence-electron chi connectivity index (χ2n) is 5.37. The van der Waals surface area contributed by atoms with Gasteiger partial charge < -0.3 is 10.1 Å². The Morgan fingerprint density at radius 2 is 1.72 bits per heavy atom. The van der Waals surface area contributed by atoms with Crippen LogP contribution in [0.2, 0.25) is 0 Å². The van der Waals surface area contributed by atoms with Crippen molar-refractivity contribution in [1.82, 2.24) is 5.32 Å². The number of amides is 1. The molecule has 0 aliphatic carbocycles. The third-order valence-electron chi connectivity index (χ3n) is 3.55. The molecule has 7 heteroatoms. The van der Waals surface area contributed by atoms with Gasteiger partial charge in [-0.05, 0) is 42.8 Å². The first-order valence-electron chi connectivity index (χ1n) is 7.97. The van der Waals surface area contributed by atoms with E-state index in [4.69, 9.17) is 4.74 Å². The maximum atomic E-state index is 13.0. The van der Waals surface area contributed by atoms with Gasteiger partial charge in [0, 0.05) is 6.54 Å². The van der Waals surface area contributed by atoms with Crippen LogP contribution in [0.1, 0.15) is 13.3 Å². The van der Waals surface area contributed by atoms with Crippen LogP contribution in [0.4, 0.5) is 5.69 Å². The molecule has 0 radical (unpaired) electrons. The van der Waals surface area contributed by atoms with Gasteiger partial charge in [0.1, 0.15) is 12.3 Å². The third-order valence-corrected chi connectivity index (χ3v) is 5.34. The third kappa shape index (κ3) is 4.73. The molecule has 2 rings (SSSR count). The molecule has 0 bridgehead atoms. The second-order valence-corrected chi connectivity index (χ2v) is 7.24. The number of carbonyl (C=O) groups excluding carboxylic acids is 1. The summed E-state index contributed by atoms with van der Waals surface area (Å²) in [6, 6.07) is 14.6. The van der Waals surface area contributed by atoms with Gasteiger partial charge in [-0.2, -0.15) is 0 Å². The van der Waals surface area contributed by atoms with Gasteiger partial charge in [0.15, 0.2) is 0 Å². The maximum absolute atomic E-state index is 13.0. The number of nitrogens with zero attached hydrogens (tertiary/aromatic N) is 1. The molecule has 0 unspecified atom stereocenters. The highest BCUT2D eigenvalue weighted by Gasteiger charge is 2.26. The Labute approximate surface area is 148 Å². The zero-order valence-electron chi connectivity index (χ0n) is 14.3. The molecule has 0 aromatic heterocycles. The van der Waals surface area contributed by atoms with E-state index < -0.39 is 10.0 Å². The number of nitrogens with one attached hydrogen (secondary N) is 1. The van der Waals surface area contributed by atoms with Crippen LogP contribution in [0.5, 0.6) is 5.75 Å². The molecule has 0 aliphatic heterocycles. The van der Waals surface area contributed by atoms with Crippen LogP contribution < -0.4 is 14.4 Å². The lowest BCUT2D eigenvalue weighted by Gasteiger charge is -2.24. The van der Waals surface area contributed by atoms with E-state index in [9.17, 15) is 13.2 Å². The van der Waals surface area contributed by atoms with Crippen LogP contribution >= 0.6 is 0 Å². The van der Waals surface area contributed by atoms with Crippen molar-refractivity contribution in [3.8, 4) is 5.75 Å². The molecule has 0 saturated carbocycles. The highest BCUT2D eigenvalue weighted by molar-refractivity contribution is 7.92. The van der Waals surface area contributed by atoms with E-state index >= 15 is 0 Å². The predicted octanol–water partition coefficient (Wildman–Crippen LogP) is 2.42. The van der Waals surface area contributed by atoms with Gasteiger partial charge in [-0.3, -0.25) is 9.10 Å². The lowest BCUT2D eigenvalue weighted by Crippen LogP contribution is -2.41. The Morgan fingerprint density at radius 3 is 2.28 bits per heavy atom. The monoisotopic (exact) mass is 362 g/mol. The fourth-order valence-electron chi connectivity index (χ4n) is 2.23. The molecule has 1 N–H and O–H groups in total. The van der Waals surface area contributed by atoms with Crippen molar-refractivity contribution < 1.29 is 17.9 Å². The van der Waals surface area contributed by atoms with E-state index in [1.807, 2.05) is 6.92 Å². The van der Waals surface area contributed by atoms with Crippen molar-refractivity contribution in [2.24, 2.45) is 0 Å². The number of benzene rings is 2. The molecule has 25 heavy (non-hydrogen) atoms. The Kier molecular flexibility index (Phi) is 6.41. The van der Waals surface area contributed by atoms with Crippen molar-refractivity contribution in [3.05, 3.63) is 54.6 Å². The zero-order valence-corrected chi connectivity index (χ0v) is 15.1. The van der Waals surface area contributed by atoms with Gasteiger partial charge in [0.25, 0.3) is 10.0 Å². The molecule has 0 atom stereocenters. The number of ether oxygens (including phenoxy) is 1. The molecular formula is C18H22N2O4S. The summed E-state index contributed by atoms with van der Waals surface area (Å²) in [4.78, 5) is 12.3. The van der Waals surface area contributed by atoms with Crippen LogP contribution in [-0.4, -0.2) is 34.5 Å². The Hall–Kier alpha value is -2.54. The van der Waals surface area contributed by atoms with Crippen LogP contribution in [-0.2, 0) is 14.8 Å². The molecule has 0 heterocycles.